The number of hydrogen-bond donors (Lipinski definition) is 1. The second-order valence-electron chi connectivity index (χ2n) is 5.29. The van der Waals surface area contributed by atoms with Gasteiger partial charge in [-0.15, -0.1) is 11.8 Å². The molecule has 4 heteroatoms. The standard InChI is InChI=1S/C19H19NO2S/c1-22-17-8-6-15(7-9-17)19(12-21)23-13-14-10-16-4-2-3-5-18(16)20-11-14/h2-11,19,21H,12-13H2,1H3/t19-/m0/s1. The minimum Gasteiger partial charge on any atom is -0.497 e. The first-order valence-corrected chi connectivity index (χ1v) is 8.55. The lowest BCUT2D eigenvalue weighted by Crippen LogP contribution is -2.00. The summed E-state index contributed by atoms with van der Waals surface area (Å²) in [6.07, 6.45) is 1.91. The van der Waals surface area contributed by atoms with Gasteiger partial charge >= 0.3 is 0 Å². The van der Waals surface area contributed by atoms with Gasteiger partial charge in [-0.1, -0.05) is 30.3 Å². The van der Waals surface area contributed by atoms with Crippen molar-refractivity contribution in [1.82, 2.24) is 4.98 Å². The molecule has 0 fully saturated rings. The van der Waals surface area contributed by atoms with Gasteiger partial charge in [0.05, 0.1) is 24.5 Å². The molecule has 1 N–H and O–H groups in total. The van der Waals surface area contributed by atoms with E-state index in [2.05, 4.69) is 17.1 Å². The van der Waals surface area contributed by atoms with E-state index in [-0.39, 0.29) is 11.9 Å². The van der Waals surface area contributed by atoms with Crippen LogP contribution >= 0.6 is 11.8 Å². The van der Waals surface area contributed by atoms with Gasteiger partial charge in [0.25, 0.3) is 0 Å². The third kappa shape index (κ3) is 3.84. The van der Waals surface area contributed by atoms with Crippen LogP contribution in [0.2, 0.25) is 0 Å². The SMILES string of the molecule is COc1ccc([C@H](CO)SCc2cnc3ccccc3c2)cc1. The van der Waals surface area contributed by atoms with Crippen molar-refractivity contribution < 1.29 is 9.84 Å². The number of ether oxygens (including phenoxy) is 1. The molecule has 1 aromatic heterocycles. The molecule has 3 nitrogen and oxygen atoms in total. The lowest BCUT2D eigenvalue weighted by atomic mass is 10.1. The first-order chi connectivity index (χ1) is 11.3. The molecule has 3 aromatic rings. The molecule has 0 saturated carbocycles. The van der Waals surface area contributed by atoms with E-state index in [1.54, 1.807) is 18.9 Å². The molecule has 0 spiro atoms. The van der Waals surface area contributed by atoms with Gasteiger partial charge in [-0.3, -0.25) is 4.98 Å². The summed E-state index contributed by atoms with van der Waals surface area (Å²) in [5.74, 6) is 1.64. The Morgan fingerprint density at radius 3 is 2.65 bits per heavy atom. The molecule has 3 rings (SSSR count). The number of aliphatic hydroxyl groups is 1. The highest BCUT2D eigenvalue weighted by atomic mass is 32.2. The predicted molar refractivity (Wildman–Crippen MR) is 95.9 cm³/mol. The van der Waals surface area contributed by atoms with Crippen LogP contribution in [0.1, 0.15) is 16.4 Å². The number of methoxy groups -OCH3 is 1. The Bertz CT molecular complexity index is 774. The van der Waals surface area contributed by atoms with Crippen molar-refractivity contribution in [1.29, 1.82) is 0 Å². The average Bonchev–Trinajstić information content (AvgIpc) is 2.62. The van der Waals surface area contributed by atoms with E-state index < -0.39 is 0 Å². The maximum Gasteiger partial charge on any atom is 0.118 e. The van der Waals surface area contributed by atoms with Crippen molar-refractivity contribution in [2.75, 3.05) is 13.7 Å². The van der Waals surface area contributed by atoms with Crippen molar-refractivity contribution in [3.05, 3.63) is 71.9 Å². The van der Waals surface area contributed by atoms with Crippen molar-refractivity contribution in [3.63, 3.8) is 0 Å². The van der Waals surface area contributed by atoms with E-state index in [0.29, 0.717) is 0 Å². The molecule has 1 heterocycles. The van der Waals surface area contributed by atoms with Crippen molar-refractivity contribution in [2.24, 2.45) is 0 Å². The Labute approximate surface area is 140 Å². The van der Waals surface area contributed by atoms with E-state index >= 15 is 0 Å². The van der Waals surface area contributed by atoms with Gasteiger partial charge in [-0.2, -0.15) is 0 Å². The fraction of sp³-hybridized carbons (Fsp3) is 0.211. The van der Waals surface area contributed by atoms with Gasteiger partial charge in [0.2, 0.25) is 0 Å². The number of aliphatic hydroxyl groups excluding tert-OH is 1. The molecule has 23 heavy (non-hydrogen) atoms. The number of rotatable bonds is 6. The number of benzene rings is 2. The summed E-state index contributed by atoms with van der Waals surface area (Å²) < 4.78 is 5.18. The highest BCUT2D eigenvalue weighted by molar-refractivity contribution is 7.98. The lowest BCUT2D eigenvalue weighted by molar-refractivity contribution is 0.296. The molecule has 0 amide bonds. The Morgan fingerprint density at radius 1 is 1.13 bits per heavy atom. The Morgan fingerprint density at radius 2 is 1.91 bits per heavy atom. The number of nitrogens with zero attached hydrogens (tertiary/aromatic N) is 1. The number of hydrogen-bond acceptors (Lipinski definition) is 4. The fourth-order valence-corrected chi connectivity index (χ4v) is 3.47. The second kappa shape index (κ2) is 7.49. The van der Waals surface area contributed by atoms with E-state index in [9.17, 15) is 5.11 Å². The zero-order valence-corrected chi connectivity index (χ0v) is 13.8. The summed E-state index contributed by atoms with van der Waals surface area (Å²) in [7, 11) is 1.65. The quantitative estimate of drug-likeness (QED) is 0.737. The predicted octanol–water partition coefficient (Wildman–Crippen LogP) is 4.21. The van der Waals surface area contributed by atoms with Crippen LogP contribution in [-0.4, -0.2) is 23.8 Å². The highest BCUT2D eigenvalue weighted by Gasteiger charge is 2.11. The minimum absolute atomic E-state index is 0.0485. The molecule has 118 valence electrons. The van der Waals surface area contributed by atoms with Gasteiger partial charge < -0.3 is 9.84 Å². The van der Waals surface area contributed by atoms with Crippen molar-refractivity contribution >= 4 is 22.7 Å². The maximum absolute atomic E-state index is 9.69. The Hall–Kier alpha value is -2.04. The number of pyridine rings is 1. The van der Waals surface area contributed by atoms with Gasteiger partial charge in [0, 0.05) is 17.3 Å². The maximum atomic E-state index is 9.69. The van der Waals surface area contributed by atoms with Crippen LogP contribution in [0.3, 0.4) is 0 Å². The molecule has 0 saturated heterocycles. The molecule has 2 aromatic carbocycles. The van der Waals surface area contributed by atoms with E-state index in [1.807, 2.05) is 48.7 Å². The summed E-state index contributed by atoms with van der Waals surface area (Å²) in [6, 6.07) is 18.1. The zero-order valence-electron chi connectivity index (χ0n) is 13.0. The number of para-hydroxylation sites is 1. The molecular weight excluding hydrogens is 306 g/mol. The number of thioether (sulfide) groups is 1. The molecule has 0 bridgehead atoms. The van der Waals surface area contributed by atoms with E-state index in [0.717, 1.165) is 28.0 Å². The summed E-state index contributed by atoms with van der Waals surface area (Å²) in [5, 5.41) is 10.9. The summed E-state index contributed by atoms with van der Waals surface area (Å²) >= 11 is 1.72. The van der Waals surface area contributed by atoms with Crippen LogP contribution in [0.25, 0.3) is 10.9 Å². The lowest BCUT2D eigenvalue weighted by Gasteiger charge is -2.15. The second-order valence-corrected chi connectivity index (χ2v) is 6.48. The molecular formula is C19H19NO2S. The minimum atomic E-state index is 0.0485. The third-order valence-corrected chi connectivity index (χ3v) is 5.08. The number of aromatic nitrogens is 1. The van der Waals surface area contributed by atoms with Crippen LogP contribution in [0.15, 0.2) is 60.8 Å². The van der Waals surface area contributed by atoms with E-state index in [1.165, 1.54) is 5.56 Å². The average molecular weight is 325 g/mol. The highest BCUT2D eigenvalue weighted by Crippen LogP contribution is 2.32. The topological polar surface area (TPSA) is 42.4 Å². The molecule has 0 radical (unpaired) electrons. The first-order valence-electron chi connectivity index (χ1n) is 7.50. The molecule has 0 aliphatic rings. The molecule has 0 unspecified atom stereocenters. The molecule has 0 aliphatic carbocycles. The monoisotopic (exact) mass is 325 g/mol. The van der Waals surface area contributed by atoms with Crippen LogP contribution < -0.4 is 4.74 Å². The van der Waals surface area contributed by atoms with Crippen LogP contribution in [0.5, 0.6) is 5.75 Å². The van der Waals surface area contributed by atoms with Crippen molar-refractivity contribution in [2.45, 2.75) is 11.0 Å². The van der Waals surface area contributed by atoms with Gasteiger partial charge in [-0.05, 0) is 35.4 Å². The normalized spacial score (nSPS) is 12.3. The smallest absolute Gasteiger partial charge is 0.118 e. The van der Waals surface area contributed by atoms with Gasteiger partial charge in [0.1, 0.15) is 5.75 Å². The summed E-state index contributed by atoms with van der Waals surface area (Å²) in [4.78, 5) is 4.49. The fourth-order valence-electron chi connectivity index (χ4n) is 2.47. The largest absolute Gasteiger partial charge is 0.497 e. The third-order valence-electron chi connectivity index (χ3n) is 3.75. The van der Waals surface area contributed by atoms with Gasteiger partial charge in [-0.25, -0.2) is 0 Å². The van der Waals surface area contributed by atoms with Crippen LogP contribution in [0, 0.1) is 0 Å². The Balaban J connectivity index is 1.70. The summed E-state index contributed by atoms with van der Waals surface area (Å²) in [5.41, 5.74) is 3.28. The number of fused-ring (bicyclic) bond motifs is 1. The van der Waals surface area contributed by atoms with Crippen LogP contribution in [0.4, 0.5) is 0 Å². The molecule has 0 aliphatic heterocycles. The Kier molecular flexibility index (Phi) is 5.16. The van der Waals surface area contributed by atoms with Crippen molar-refractivity contribution in [3.8, 4) is 5.75 Å². The molecule has 1 atom stereocenters. The van der Waals surface area contributed by atoms with Gasteiger partial charge in [0.15, 0.2) is 0 Å². The van der Waals surface area contributed by atoms with Crippen LogP contribution in [-0.2, 0) is 5.75 Å². The van der Waals surface area contributed by atoms with E-state index in [4.69, 9.17) is 4.74 Å². The zero-order chi connectivity index (χ0) is 16.1. The summed E-state index contributed by atoms with van der Waals surface area (Å²) in [6.45, 7) is 0.109. The first kappa shape index (κ1) is 15.8.